The van der Waals surface area contributed by atoms with E-state index in [0.29, 0.717) is 0 Å². The first-order valence-electron chi connectivity index (χ1n) is 7.28. The maximum atomic E-state index is 6.17. The van der Waals surface area contributed by atoms with Gasteiger partial charge in [0.25, 0.3) is 0 Å². The summed E-state index contributed by atoms with van der Waals surface area (Å²) in [5.41, 5.74) is 0.123. The zero-order valence-corrected chi connectivity index (χ0v) is 15.1. The molecule has 0 bridgehead atoms. The molecular formula is C14H26Cl3N3. The van der Waals surface area contributed by atoms with Crippen LogP contribution in [0.4, 0.5) is 0 Å². The molecule has 118 valence electrons. The standard InChI is InChI=1S/C14H26Cl3N3/c1-5-6-7-8-9-20-12(14(15,16)17)19(11-18-20)10-13(2,3)4/h11-12H,5-10H2,1-4H3. The van der Waals surface area contributed by atoms with Gasteiger partial charge in [-0.15, -0.1) is 0 Å². The topological polar surface area (TPSA) is 18.8 Å². The fourth-order valence-corrected chi connectivity index (χ4v) is 3.06. The Balaban J connectivity index is 2.65. The molecule has 0 spiro atoms. The van der Waals surface area contributed by atoms with E-state index in [2.05, 4.69) is 32.8 Å². The summed E-state index contributed by atoms with van der Waals surface area (Å²) in [4.78, 5) is 2.03. The molecule has 1 atom stereocenters. The maximum absolute atomic E-state index is 6.17. The van der Waals surface area contributed by atoms with Gasteiger partial charge in [0.1, 0.15) is 6.34 Å². The summed E-state index contributed by atoms with van der Waals surface area (Å²) in [7, 11) is 0. The maximum Gasteiger partial charge on any atom is 0.230 e. The fraction of sp³-hybridized carbons (Fsp3) is 0.929. The highest BCUT2D eigenvalue weighted by Crippen LogP contribution is 2.38. The molecule has 0 aliphatic carbocycles. The predicted molar refractivity (Wildman–Crippen MR) is 89.6 cm³/mol. The first kappa shape index (κ1) is 18.2. The Hall–Kier alpha value is 0.140. The highest BCUT2D eigenvalue weighted by Gasteiger charge is 2.44. The highest BCUT2D eigenvalue weighted by atomic mass is 35.6. The van der Waals surface area contributed by atoms with Gasteiger partial charge in [0, 0.05) is 13.1 Å². The fourth-order valence-electron chi connectivity index (χ4n) is 2.34. The number of unbranched alkanes of at least 4 members (excludes halogenated alkanes) is 3. The van der Waals surface area contributed by atoms with Gasteiger partial charge in [0.15, 0.2) is 6.17 Å². The molecule has 0 aromatic heterocycles. The lowest BCUT2D eigenvalue weighted by Gasteiger charge is -2.38. The van der Waals surface area contributed by atoms with Gasteiger partial charge in [-0.1, -0.05) is 81.8 Å². The molecule has 0 amide bonds. The summed E-state index contributed by atoms with van der Waals surface area (Å²) in [6, 6.07) is 0. The Labute approximate surface area is 138 Å². The van der Waals surface area contributed by atoms with Crippen molar-refractivity contribution in [3.05, 3.63) is 0 Å². The normalized spacial score (nSPS) is 20.1. The minimum absolute atomic E-state index is 0.123. The van der Waals surface area contributed by atoms with Crippen molar-refractivity contribution >= 4 is 41.1 Å². The van der Waals surface area contributed by atoms with Gasteiger partial charge in [0.2, 0.25) is 3.79 Å². The molecule has 1 heterocycles. The zero-order chi connectivity index (χ0) is 15.4. The van der Waals surface area contributed by atoms with E-state index in [-0.39, 0.29) is 11.6 Å². The molecule has 0 radical (unpaired) electrons. The van der Waals surface area contributed by atoms with Crippen molar-refractivity contribution in [3.63, 3.8) is 0 Å². The van der Waals surface area contributed by atoms with Crippen LogP contribution in [0.2, 0.25) is 0 Å². The van der Waals surface area contributed by atoms with Gasteiger partial charge in [-0.3, -0.25) is 5.01 Å². The molecule has 1 aliphatic heterocycles. The van der Waals surface area contributed by atoms with Crippen LogP contribution in [0.5, 0.6) is 0 Å². The number of nitrogens with zero attached hydrogens (tertiary/aromatic N) is 3. The monoisotopic (exact) mass is 341 g/mol. The summed E-state index contributed by atoms with van der Waals surface area (Å²) in [6.07, 6.45) is 6.21. The van der Waals surface area contributed by atoms with Crippen LogP contribution in [-0.2, 0) is 0 Å². The van der Waals surface area contributed by atoms with Crippen LogP contribution in [0.25, 0.3) is 0 Å². The van der Waals surface area contributed by atoms with E-state index in [1.165, 1.54) is 19.3 Å². The van der Waals surface area contributed by atoms with E-state index in [4.69, 9.17) is 34.8 Å². The summed E-state index contributed by atoms with van der Waals surface area (Å²) < 4.78 is -1.37. The molecule has 0 N–H and O–H groups in total. The number of rotatable bonds is 6. The van der Waals surface area contributed by atoms with Gasteiger partial charge < -0.3 is 4.90 Å². The lowest BCUT2D eigenvalue weighted by molar-refractivity contribution is 0.108. The minimum atomic E-state index is -1.37. The molecule has 3 nitrogen and oxygen atoms in total. The van der Waals surface area contributed by atoms with Crippen LogP contribution >= 0.6 is 34.8 Å². The second-order valence-corrected chi connectivity index (χ2v) is 8.97. The van der Waals surface area contributed by atoms with E-state index in [1.807, 2.05) is 9.91 Å². The average Bonchev–Trinajstić information content (AvgIpc) is 2.64. The third-order valence-electron chi connectivity index (χ3n) is 3.14. The first-order chi connectivity index (χ1) is 9.15. The number of halogens is 3. The van der Waals surface area contributed by atoms with E-state index >= 15 is 0 Å². The smallest absolute Gasteiger partial charge is 0.230 e. The molecule has 1 unspecified atom stereocenters. The number of alkyl halides is 3. The third kappa shape index (κ3) is 5.87. The van der Waals surface area contributed by atoms with Crippen LogP contribution in [0.15, 0.2) is 5.10 Å². The Kier molecular flexibility index (Phi) is 6.75. The van der Waals surface area contributed by atoms with E-state index < -0.39 is 3.79 Å². The lowest BCUT2D eigenvalue weighted by atomic mass is 9.96. The molecule has 0 saturated heterocycles. The summed E-state index contributed by atoms with van der Waals surface area (Å²) in [6.45, 7) is 10.3. The minimum Gasteiger partial charge on any atom is -0.335 e. The molecule has 6 heteroatoms. The van der Waals surface area contributed by atoms with Crippen LogP contribution in [0, 0.1) is 5.41 Å². The van der Waals surface area contributed by atoms with Crippen LogP contribution < -0.4 is 0 Å². The molecule has 1 rings (SSSR count). The predicted octanol–water partition coefficient (Wildman–Crippen LogP) is 4.87. The van der Waals surface area contributed by atoms with E-state index in [1.54, 1.807) is 6.34 Å². The quantitative estimate of drug-likeness (QED) is 0.506. The number of hydrazone groups is 1. The van der Waals surface area contributed by atoms with Crippen molar-refractivity contribution in [2.45, 2.75) is 63.3 Å². The van der Waals surface area contributed by atoms with Crippen LogP contribution in [0.3, 0.4) is 0 Å². The molecule has 20 heavy (non-hydrogen) atoms. The van der Waals surface area contributed by atoms with Crippen molar-refractivity contribution in [1.82, 2.24) is 9.91 Å². The van der Waals surface area contributed by atoms with Gasteiger partial charge >= 0.3 is 0 Å². The molecular weight excluding hydrogens is 317 g/mol. The Morgan fingerprint density at radius 1 is 1.10 bits per heavy atom. The lowest BCUT2D eigenvalue weighted by Crippen LogP contribution is -2.51. The highest BCUT2D eigenvalue weighted by molar-refractivity contribution is 6.68. The zero-order valence-electron chi connectivity index (χ0n) is 12.9. The second-order valence-electron chi connectivity index (χ2n) is 6.60. The average molecular weight is 343 g/mol. The molecule has 0 aromatic rings. The van der Waals surface area contributed by atoms with E-state index in [9.17, 15) is 0 Å². The SMILES string of the molecule is CCCCCCN1N=CN(CC(C)(C)C)C1C(Cl)(Cl)Cl. The molecule has 0 saturated carbocycles. The van der Waals surface area contributed by atoms with Gasteiger partial charge in [-0.25, -0.2) is 0 Å². The number of hydrogen-bond donors (Lipinski definition) is 0. The number of hydrogen-bond acceptors (Lipinski definition) is 3. The first-order valence-corrected chi connectivity index (χ1v) is 8.42. The van der Waals surface area contributed by atoms with Crippen LogP contribution in [-0.4, -0.2) is 39.3 Å². The van der Waals surface area contributed by atoms with Gasteiger partial charge in [-0.05, 0) is 11.8 Å². The third-order valence-corrected chi connectivity index (χ3v) is 3.72. The van der Waals surface area contributed by atoms with E-state index in [0.717, 1.165) is 19.5 Å². The molecule has 0 aromatic carbocycles. The Bertz CT molecular complexity index is 321. The largest absolute Gasteiger partial charge is 0.335 e. The van der Waals surface area contributed by atoms with Crippen molar-refractivity contribution in [1.29, 1.82) is 0 Å². The second kappa shape index (κ2) is 7.42. The Morgan fingerprint density at radius 2 is 1.75 bits per heavy atom. The summed E-state index contributed by atoms with van der Waals surface area (Å²) in [5.74, 6) is 0. The Morgan fingerprint density at radius 3 is 2.25 bits per heavy atom. The van der Waals surface area contributed by atoms with Gasteiger partial charge in [-0.2, -0.15) is 5.10 Å². The van der Waals surface area contributed by atoms with Gasteiger partial charge in [0.05, 0.1) is 0 Å². The van der Waals surface area contributed by atoms with Crippen molar-refractivity contribution in [2.75, 3.05) is 13.1 Å². The van der Waals surface area contributed by atoms with Crippen molar-refractivity contribution in [3.8, 4) is 0 Å². The van der Waals surface area contributed by atoms with Crippen molar-refractivity contribution < 1.29 is 0 Å². The molecule has 1 aliphatic rings. The molecule has 0 fully saturated rings. The van der Waals surface area contributed by atoms with Crippen LogP contribution in [0.1, 0.15) is 53.4 Å². The summed E-state index contributed by atoms with van der Waals surface area (Å²) >= 11 is 18.5. The summed E-state index contributed by atoms with van der Waals surface area (Å²) in [5, 5.41) is 6.34. The van der Waals surface area contributed by atoms with Crippen molar-refractivity contribution in [2.24, 2.45) is 10.5 Å².